The lowest BCUT2D eigenvalue weighted by molar-refractivity contribution is -0.0458. The SMILES string of the molecule is CC.O=c1ccn(C2OC(CCO)C(O)C2O)c(=O)n1Cc1nccc(-c2ccccc2)c1F.OP.OP.OP. The maximum Gasteiger partial charge on any atom is 0.333 e. The van der Waals surface area contributed by atoms with Gasteiger partial charge in [0, 0.05) is 30.6 Å². The van der Waals surface area contributed by atoms with E-state index in [4.69, 9.17) is 24.5 Å². The van der Waals surface area contributed by atoms with E-state index in [1.165, 1.54) is 40.7 Å². The lowest BCUT2D eigenvalue weighted by Gasteiger charge is -2.19. The minimum atomic E-state index is -1.45. The summed E-state index contributed by atoms with van der Waals surface area (Å²) in [5.74, 6) is -0.656. The van der Waals surface area contributed by atoms with Crippen LogP contribution in [0.25, 0.3) is 11.1 Å². The second-order valence-corrected chi connectivity index (χ2v) is 7.47. The molecule has 0 saturated carbocycles. The fourth-order valence-electron chi connectivity index (χ4n) is 3.78. The minimum absolute atomic E-state index is 0.0600. The quantitative estimate of drug-likeness (QED) is 0.212. The number of nitrogens with zero attached hydrogens (tertiary/aromatic N) is 3. The van der Waals surface area contributed by atoms with E-state index >= 15 is 4.39 Å². The molecule has 7 unspecified atom stereocenters. The molecule has 0 amide bonds. The van der Waals surface area contributed by atoms with E-state index in [0.29, 0.717) is 5.56 Å². The first-order valence-electron chi connectivity index (χ1n) is 11.8. The van der Waals surface area contributed by atoms with Gasteiger partial charge in [0.25, 0.3) is 5.56 Å². The molecule has 1 aliphatic heterocycles. The van der Waals surface area contributed by atoms with Crippen molar-refractivity contribution in [2.75, 3.05) is 6.61 Å². The maximum atomic E-state index is 15.2. The number of aromatic nitrogens is 3. The Hall–Kier alpha value is -2.01. The molecule has 40 heavy (non-hydrogen) atoms. The number of halogens is 1. The fourth-order valence-corrected chi connectivity index (χ4v) is 3.78. The van der Waals surface area contributed by atoms with Crippen LogP contribution in [0.15, 0.2) is 64.4 Å². The van der Waals surface area contributed by atoms with E-state index in [2.05, 4.69) is 4.98 Å². The number of aliphatic hydroxyl groups excluding tert-OH is 3. The van der Waals surface area contributed by atoms with Crippen molar-refractivity contribution in [3.05, 3.63) is 87.2 Å². The highest BCUT2D eigenvalue weighted by atomic mass is 31.0. The Balaban J connectivity index is 0.00000175. The van der Waals surface area contributed by atoms with Crippen molar-refractivity contribution in [2.24, 2.45) is 0 Å². The van der Waals surface area contributed by atoms with Crippen LogP contribution >= 0.6 is 28.4 Å². The Bertz CT molecular complexity index is 1240. The Morgan fingerprint density at radius 3 is 2.12 bits per heavy atom. The van der Waals surface area contributed by atoms with Crippen molar-refractivity contribution in [3.8, 4) is 11.1 Å². The van der Waals surface area contributed by atoms with Crippen LogP contribution in [0, 0.1) is 5.82 Å². The summed E-state index contributed by atoms with van der Waals surface area (Å²) in [6.07, 6.45) is -2.32. The highest BCUT2D eigenvalue weighted by Crippen LogP contribution is 2.30. The zero-order chi connectivity index (χ0) is 30.8. The fraction of sp³-hybridized carbons (Fsp3) is 0.375. The van der Waals surface area contributed by atoms with E-state index in [9.17, 15) is 19.8 Å². The molecule has 3 heterocycles. The molecule has 1 fully saturated rings. The molecule has 7 atom stereocenters. The third-order valence-electron chi connectivity index (χ3n) is 5.47. The standard InChI is InChI=1S/C22H22FN3O6.C2H6.3H3OP/c23-18-14(13-4-2-1-3-5-13)6-9-24-15(18)12-26-17(28)7-10-25(22(26)31)21-20(30)19(29)16(32-21)8-11-27;4*1-2/h1-7,9-10,16,19-21,27,29-30H,8,11-12H2;1-2H3;3*1H,2H2. The smallest absolute Gasteiger partial charge is 0.333 e. The summed E-state index contributed by atoms with van der Waals surface area (Å²) >= 11 is 0. The van der Waals surface area contributed by atoms with Crippen LogP contribution in [0.3, 0.4) is 0 Å². The first-order chi connectivity index (χ1) is 19.4. The van der Waals surface area contributed by atoms with Gasteiger partial charge in [-0.3, -0.25) is 18.9 Å². The summed E-state index contributed by atoms with van der Waals surface area (Å²) in [4.78, 5) is 50.2. The Morgan fingerprint density at radius 1 is 0.950 bits per heavy atom. The summed E-state index contributed by atoms with van der Waals surface area (Å²) in [5.41, 5.74) is -0.737. The Labute approximate surface area is 238 Å². The lowest BCUT2D eigenvalue weighted by atomic mass is 10.1. The van der Waals surface area contributed by atoms with Gasteiger partial charge in [0.15, 0.2) is 12.0 Å². The molecule has 0 spiro atoms. The van der Waals surface area contributed by atoms with Crippen molar-refractivity contribution >= 4 is 28.4 Å². The molecular weight excluding hydrogens is 586 g/mol. The number of benzene rings is 1. The first-order valence-corrected chi connectivity index (χ1v) is 13.4. The molecular formula is C24H37FN3O9P3. The van der Waals surface area contributed by atoms with Gasteiger partial charge in [-0.05, 0) is 46.5 Å². The molecule has 2 aromatic heterocycles. The van der Waals surface area contributed by atoms with E-state index in [1.54, 1.807) is 30.3 Å². The third-order valence-corrected chi connectivity index (χ3v) is 5.47. The Morgan fingerprint density at radius 2 is 1.55 bits per heavy atom. The molecule has 224 valence electrons. The van der Waals surface area contributed by atoms with Gasteiger partial charge in [-0.25, -0.2) is 9.18 Å². The molecule has 0 bridgehead atoms. The molecule has 1 aromatic carbocycles. The monoisotopic (exact) mass is 623 g/mol. The van der Waals surface area contributed by atoms with Crippen LogP contribution in [-0.2, 0) is 11.3 Å². The van der Waals surface area contributed by atoms with Crippen molar-refractivity contribution in [1.82, 2.24) is 14.1 Å². The summed E-state index contributed by atoms with van der Waals surface area (Å²) in [5, 5.41) is 29.5. The number of pyridine rings is 1. The largest absolute Gasteiger partial charge is 0.396 e. The van der Waals surface area contributed by atoms with Crippen molar-refractivity contribution < 1.29 is 39.1 Å². The zero-order valence-electron chi connectivity index (χ0n) is 22.0. The van der Waals surface area contributed by atoms with Gasteiger partial charge in [0.2, 0.25) is 0 Å². The van der Waals surface area contributed by atoms with Crippen molar-refractivity contribution in [1.29, 1.82) is 0 Å². The topological polar surface area (TPSA) is 188 Å². The van der Waals surface area contributed by atoms with E-state index in [1.807, 2.05) is 13.8 Å². The second-order valence-electron chi connectivity index (χ2n) is 7.47. The highest BCUT2D eigenvalue weighted by molar-refractivity contribution is 7.08. The van der Waals surface area contributed by atoms with E-state index in [-0.39, 0.29) is 24.3 Å². The maximum absolute atomic E-state index is 15.2. The predicted octanol–water partition coefficient (Wildman–Crippen LogP) is 0.594. The summed E-state index contributed by atoms with van der Waals surface area (Å²) in [7, 11) is 4.25. The average molecular weight is 623 g/mol. The molecule has 1 saturated heterocycles. The second kappa shape index (κ2) is 20.8. The molecule has 0 aliphatic carbocycles. The van der Waals surface area contributed by atoms with Crippen LogP contribution in [0.4, 0.5) is 4.39 Å². The van der Waals surface area contributed by atoms with Crippen LogP contribution in [0.2, 0.25) is 0 Å². The lowest BCUT2D eigenvalue weighted by Crippen LogP contribution is -2.43. The summed E-state index contributed by atoms with van der Waals surface area (Å²) in [6, 6.07) is 11.4. The molecule has 0 radical (unpaired) electrons. The average Bonchev–Trinajstić information content (AvgIpc) is 3.29. The number of ether oxygens (including phenoxy) is 1. The number of hydrogen-bond acceptors (Lipinski definition) is 10. The van der Waals surface area contributed by atoms with Gasteiger partial charge in [0.1, 0.15) is 12.2 Å². The van der Waals surface area contributed by atoms with Gasteiger partial charge >= 0.3 is 5.69 Å². The summed E-state index contributed by atoms with van der Waals surface area (Å²) < 4.78 is 22.4. The molecule has 3 aromatic rings. The molecule has 4 rings (SSSR count). The minimum Gasteiger partial charge on any atom is -0.396 e. The van der Waals surface area contributed by atoms with Gasteiger partial charge in [0.05, 0.1) is 18.3 Å². The van der Waals surface area contributed by atoms with Gasteiger partial charge in [-0.15, -0.1) is 0 Å². The van der Waals surface area contributed by atoms with Crippen molar-refractivity contribution in [3.63, 3.8) is 0 Å². The van der Waals surface area contributed by atoms with Gasteiger partial charge in [-0.1, -0.05) is 44.2 Å². The highest BCUT2D eigenvalue weighted by Gasteiger charge is 2.43. The van der Waals surface area contributed by atoms with Gasteiger partial charge < -0.3 is 34.7 Å². The molecule has 6 N–H and O–H groups in total. The number of aliphatic hydroxyl groups is 3. The van der Waals surface area contributed by atoms with Crippen molar-refractivity contribution in [2.45, 2.75) is 51.4 Å². The van der Waals surface area contributed by atoms with Crippen LogP contribution < -0.4 is 11.2 Å². The third kappa shape index (κ3) is 9.53. The number of rotatable bonds is 6. The Kier molecular flexibility index (Phi) is 19.8. The first kappa shape index (κ1) is 38.0. The van der Waals surface area contributed by atoms with Crippen LogP contribution in [-0.4, -0.2) is 69.0 Å². The van der Waals surface area contributed by atoms with Gasteiger partial charge in [-0.2, -0.15) is 0 Å². The summed E-state index contributed by atoms with van der Waals surface area (Å²) in [6.45, 7) is 3.29. The molecule has 16 heteroatoms. The molecule has 12 nitrogen and oxygen atoms in total. The zero-order valence-corrected chi connectivity index (χ0v) is 25.5. The predicted molar refractivity (Wildman–Crippen MR) is 158 cm³/mol. The van der Waals surface area contributed by atoms with E-state index < -0.39 is 48.2 Å². The van der Waals surface area contributed by atoms with E-state index in [0.717, 1.165) is 21.4 Å². The van der Waals surface area contributed by atoms with Crippen LogP contribution in [0.1, 0.15) is 32.2 Å². The van der Waals surface area contributed by atoms with Crippen LogP contribution in [0.5, 0.6) is 0 Å². The molecule has 1 aliphatic rings. The number of hydrogen-bond donors (Lipinski definition) is 6. The normalized spacial score (nSPS) is 18.9.